The molecule has 1 aliphatic rings. The monoisotopic (exact) mass is 264 g/mol. The molecule has 0 heterocycles. The molecule has 1 atom stereocenters. The highest BCUT2D eigenvalue weighted by molar-refractivity contribution is 5.51. The molecule has 2 N–H and O–H groups in total. The molecule has 0 radical (unpaired) electrons. The Morgan fingerprint density at radius 1 is 1.37 bits per heavy atom. The number of nitrogens with two attached hydrogens (primary N) is 1. The summed E-state index contributed by atoms with van der Waals surface area (Å²) in [4.78, 5) is 2.22. The smallest absolute Gasteiger partial charge is 0.146 e. The summed E-state index contributed by atoms with van der Waals surface area (Å²) in [6.07, 6.45) is 5.13. The van der Waals surface area contributed by atoms with E-state index < -0.39 is 0 Å². The number of hydrogen-bond acceptors (Lipinski definition) is 2. The van der Waals surface area contributed by atoms with Crippen molar-refractivity contribution in [2.45, 2.75) is 58.0 Å². The van der Waals surface area contributed by atoms with Crippen LogP contribution in [-0.2, 0) is 6.42 Å². The lowest BCUT2D eigenvalue weighted by Crippen LogP contribution is -2.27. The van der Waals surface area contributed by atoms with Gasteiger partial charge in [0.25, 0.3) is 0 Å². The second kappa shape index (κ2) is 6.38. The quantitative estimate of drug-likeness (QED) is 0.817. The van der Waals surface area contributed by atoms with Gasteiger partial charge in [0, 0.05) is 18.6 Å². The van der Waals surface area contributed by atoms with Crippen LogP contribution in [0.25, 0.3) is 0 Å². The van der Waals surface area contributed by atoms with Gasteiger partial charge in [0.1, 0.15) is 5.82 Å². The minimum Gasteiger partial charge on any atom is -0.366 e. The Bertz CT molecular complexity index is 415. The number of rotatable bonds is 7. The molecule has 0 aromatic heterocycles. The van der Waals surface area contributed by atoms with Crippen LogP contribution in [0.2, 0.25) is 0 Å². The summed E-state index contributed by atoms with van der Waals surface area (Å²) < 4.78 is 14.3. The number of hydrogen-bond donors (Lipinski definition) is 1. The van der Waals surface area contributed by atoms with Crippen molar-refractivity contribution in [1.29, 1.82) is 0 Å². The molecular weight excluding hydrogens is 239 g/mol. The van der Waals surface area contributed by atoms with Crippen molar-refractivity contribution in [1.82, 2.24) is 0 Å². The van der Waals surface area contributed by atoms with E-state index in [-0.39, 0.29) is 11.9 Å². The molecule has 1 fully saturated rings. The van der Waals surface area contributed by atoms with Gasteiger partial charge in [0.15, 0.2) is 0 Å². The van der Waals surface area contributed by atoms with Crippen molar-refractivity contribution in [3.05, 3.63) is 29.6 Å². The Balaban J connectivity index is 2.13. The van der Waals surface area contributed by atoms with E-state index >= 15 is 0 Å². The molecule has 106 valence electrons. The summed E-state index contributed by atoms with van der Waals surface area (Å²) in [5.41, 5.74) is 7.69. The second-order valence-corrected chi connectivity index (χ2v) is 5.58. The molecule has 0 aliphatic heterocycles. The summed E-state index contributed by atoms with van der Waals surface area (Å²) in [6.45, 7) is 5.14. The molecule has 1 aromatic rings. The second-order valence-electron chi connectivity index (χ2n) is 5.58. The van der Waals surface area contributed by atoms with Crippen molar-refractivity contribution in [3.8, 4) is 0 Å². The lowest BCUT2D eigenvalue weighted by molar-refractivity contribution is 0.604. The maximum atomic E-state index is 14.3. The molecule has 1 saturated carbocycles. The fraction of sp³-hybridized carbons (Fsp3) is 0.625. The molecule has 0 spiro atoms. The Morgan fingerprint density at radius 3 is 2.63 bits per heavy atom. The topological polar surface area (TPSA) is 29.3 Å². The number of anilines is 1. The highest BCUT2D eigenvalue weighted by atomic mass is 19.1. The average molecular weight is 264 g/mol. The molecule has 0 saturated heterocycles. The van der Waals surface area contributed by atoms with E-state index in [1.54, 1.807) is 6.07 Å². The van der Waals surface area contributed by atoms with Crippen molar-refractivity contribution in [2.75, 3.05) is 11.4 Å². The largest absolute Gasteiger partial charge is 0.366 e. The van der Waals surface area contributed by atoms with Gasteiger partial charge in [-0.05, 0) is 49.8 Å². The van der Waals surface area contributed by atoms with Gasteiger partial charge in [-0.25, -0.2) is 4.39 Å². The third-order valence-electron chi connectivity index (χ3n) is 3.80. The molecule has 2 rings (SSSR count). The molecule has 2 nitrogen and oxygen atoms in total. The normalized spacial score (nSPS) is 16.4. The summed E-state index contributed by atoms with van der Waals surface area (Å²) >= 11 is 0. The van der Waals surface area contributed by atoms with E-state index in [9.17, 15) is 4.39 Å². The van der Waals surface area contributed by atoms with Crippen LogP contribution in [-0.4, -0.2) is 18.6 Å². The standard InChI is InChI=1S/C16H25FN2/c1-3-9-19(14-6-7-14)16-8-5-12(11-15(16)17)10-13(18)4-2/h5,8,11,13-14H,3-4,6-7,9-10,18H2,1-2H3. The fourth-order valence-electron chi connectivity index (χ4n) is 2.48. The first-order valence-electron chi connectivity index (χ1n) is 7.46. The number of benzene rings is 1. The first kappa shape index (κ1) is 14.3. The van der Waals surface area contributed by atoms with Crippen LogP contribution >= 0.6 is 0 Å². The van der Waals surface area contributed by atoms with Crippen LogP contribution in [0.15, 0.2) is 18.2 Å². The van der Waals surface area contributed by atoms with Gasteiger partial charge in [0.05, 0.1) is 5.69 Å². The minimum absolute atomic E-state index is 0.0962. The van der Waals surface area contributed by atoms with E-state index in [4.69, 9.17) is 5.73 Å². The average Bonchev–Trinajstić information content (AvgIpc) is 3.21. The molecule has 1 unspecified atom stereocenters. The van der Waals surface area contributed by atoms with E-state index in [1.165, 1.54) is 12.8 Å². The van der Waals surface area contributed by atoms with Crippen LogP contribution in [0.1, 0.15) is 45.1 Å². The molecule has 3 heteroatoms. The molecule has 0 amide bonds. The van der Waals surface area contributed by atoms with E-state index in [0.29, 0.717) is 6.04 Å². The van der Waals surface area contributed by atoms with Gasteiger partial charge < -0.3 is 10.6 Å². The number of nitrogens with zero attached hydrogens (tertiary/aromatic N) is 1. The predicted molar refractivity (Wildman–Crippen MR) is 79.0 cm³/mol. The zero-order valence-corrected chi connectivity index (χ0v) is 12.0. The minimum atomic E-state index is -0.0962. The molecule has 0 bridgehead atoms. The Hall–Kier alpha value is -1.09. The van der Waals surface area contributed by atoms with E-state index in [1.807, 2.05) is 12.1 Å². The van der Waals surface area contributed by atoms with Crippen molar-refractivity contribution >= 4 is 5.69 Å². The summed E-state index contributed by atoms with van der Waals surface area (Å²) in [7, 11) is 0. The fourth-order valence-corrected chi connectivity index (χ4v) is 2.48. The van der Waals surface area contributed by atoms with Crippen LogP contribution in [0.3, 0.4) is 0 Å². The zero-order chi connectivity index (χ0) is 13.8. The lowest BCUT2D eigenvalue weighted by Gasteiger charge is -2.25. The summed E-state index contributed by atoms with van der Waals surface area (Å²) in [5.74, 6) is -0.0962. The highest BCUT2D eigenvalue weighted by Gasteiger charge is 2.30. The SMILES string of the molecule is CCCN(c1ccc(CC(N)CC)cc1F)C1CC1. The van der Waals surface area contributed by atoms with Gasteiger partial charge in [-0.3, -0.25) is 0 Å². The molecular formula is C16H25FN2. The highest BCUT2D eigenvalue weighted by Crippen LogP contribution is 2.33. The third kappa shape index (κ3) is 3.69. The third-order valence-corrected chi connectivity index (χ3v) is 3.80. The van der Waals surface area contributed by atoms with Crippen molar-refractivity contribution in [2.24, 2.45) is 5.73 Å². The van der Waals surface area contributed by atoms with E-state index in [0.717, 1.165) is 37.1 Å². The zero-order valence-electron chi connectivity index (χ0n) is 12.0. The van der Waals surface area contributed by atoms with Gasteiger partial charge in [-0.15, -0.1) is 0 Å². The van der Waals surface area contributed by atoms with Crippen molar-refractivity contribution in [3.63, 3.8) is 0 Å². The van der Waals surface area contributed by atoms with E-state index in [2.05, 4.69) is 18.7 Å². The maximum Gasteiger partial charge on any atom is 0.146 e. The first-order chi connectivity index (χ1) is 9.15. The van der Waals surface area contributed by atoms with Crippen LogP contribution in [0, 0.1) is 5.82 Å². The Labute approximate surface area is 115 Å². The van der Waals surface area contributed by atoms with Gasteiger partial charge >= 0.3 is 0 Å². The van der Waals surface area contributed by atoms with Gasteiger partial charge in [0.2, 0.25) is 0 Å². The van der Waals surface area contributed by atoms with Crippen molar-refractivity contribution < 1.29 is 4.39 Å². The summed E-state index contributed by atoms with van der Waals surface area (Å²) in [6, 6.07) is 6.30. The number of halogens is 1. The first-order valence-corrected chi connectivity index (χ1v) is 7.46. The van der Waals surface area contributed by atoms with Gasteiger partial charge in [-0.1, -0.05) is 19.9 Å². The lowest BCUT2D eigenvalue weighted by atomic mass is 10.0. The van der Waals surface area contributed by atoms with Crippen LogP contribution < -0.4 is 10.6 Å². The predicted octanol–water partition coefficient (Wildman–Crippen LogP) is 3.48. The van der Waals surface area contributed by atoms with Crippen LogP contribution in [0.5, 0.6) is 0 Å². The molecule has 1 aliphatic carbocycles. The summed E-state index contributed by atoms with van der Waals surface area (Å²) in [5, 5.41) is 0. The Morgan fingerprint density at radius 2 is 2.11 bits per heavy atom. The Kier molecular flexibility index (Phi) is 4.81. The molecule has 1 aromatic carbocycles. The molecule has 19 heavy (non-hydrogen) atoms. The maximum absolute atomic E-state index is 14.3. The van der Waals surface area contributed by atoms with Crippen LogP contribution in [0.4, 0.5) is 10.1 Å². The van der Waals surface area contributed by atoms with Gasteiger partial charge in [-0.2, -0.15) is 0 Å².